The van der Waals surface area contributed by atoms with Gasteiger partial charge < -0.3 is 5.21 Å². The molecule has 72 valence electrons. The lowest BCUT2D eigenvalue weighted by Gasteiger charge is -2.02. The summed E-state index contributed by atoms with van der Waals surface area (Å²) in [5, 5.41) is 12.1. The molecule has 0 bridgehead atoms. The van der Waals surface area contributed by atoms with E-state index in [1.807, 2.05) is 30.3 Å². The van der Waals surface area contributed by atoms with Crippen LogP contribution in [-0.2, 0) is 0 Å². The van der Waals surface area contributed by atoms with E-state index < -0.39 is 0 Å². The molecule has 1 aromatic rings. The molecule has 0 heterocycles. The average molecular weight is 187 g/mol. The van der Waals surface area contributed by atoms with Gasteiger partial charge in [0.15, 0.2) is 0 Å². The first kappa shape index (κ1) is 10.3. The third-order valence-electron chi connectivity index (χ3n) is 1.96. The lowest BCUT2D eigenvalue weighted by molar-refractivity contribution is 0.318. The van der Waals surface area contributed by atoms with Gasteiger partial charge in [-0.2, -0.15) is 0 Å². The molecule has 1 rings (SSSR count). The van der Waals surface area contributed by atoms with Crippen molar-refractivity contribution < 1.29 is 5.21 Å². The molecule has 0 atom stereocenters. The number of benzene rings is 1. The Bertz CT molecular complexity index is 335. The summed E-state index contributed by atoms with van der Waals surface area (Å²) in [5.74, 6) is 2.56. The molecule has 0 radical (unpaired) electrons. The van der Waals surface area contributed by atoms with E-state index in [1.165, 1.54) is 0 Å². The smallest absolute Gasteiger partial charge is 0.0868 e. The first-order chi connectivity index (χ1) is 6.88. The van der Waals surface area contributed by atoms with Crippen molar-refractivity contribution >= 4 is 5.71 Å². The molecule has 0 saturated carbocycles. The monoisotopic (exact) mass is 187 g/mol. The van der Waals surface area contributed by atoms with Crippen LogP contribution in [0.25, 0.3) is 0 Å². The largest absolute Gasteiger partial charge is 0.411 e. The second-order valence-corrected chi connectivity index (χ2v) is 2.97. The summed E-state index contributed by atoms with van der Waals surface area (Å²) in [7, 11) is 0. The predicted octanol–water partition coefficient (Wildman–Crippen LogP) is 2.67. The molecule has 0 aliphatic rings. The summed E-state index contributed by atoms with van der Waals surface area (Å²) < 4.78 is 0. The lowest BCUT2D eigenvalue weighted by atomic mass is 10.1. The second-order valence-electron chi connectivity index (χ2n) is 2.97. The highest BCUT2D eigenvalue weighted by atomic mass is 16.4. The van der Waals surface area contributed by atoms with E-state index >= 15 is 0 Å². The molecule has 0 saturated heterocycles. The van der Waals surface area contributed by atoms with Gasteiger partial charge in [0.1, 0.15) is 0 Å². The van der Waals surface area contributed by atoms with E-state index in [1.54, 1.807) is 0 Å². The number of rotatable bonds is 4. The van der Waals surface area contributed by atoms with Crippen LogP contribution in [0.15, 0.2) is 35.5 Å². The fraction of sp³-hybridized carbons (Fsp3) is 0.250. The molecule has 0 spiro atoms. The van der Waals surface area contributed by atoms with E-state index in [0.717, 1.165) is 12.0 Å². The number of oxime groups is 1. The minimum atomic E-state index is 0.695. The van der Waals surface area contributed by atoms with Gasteiger partial charge in [-0.15, -0.1) is 12.3 Å². The van der Waals surface area contributed by atoms with Crippen LogP contribution in [0.3, 0.4) is 0 Å². The molecule has 1 aromatic carbocycles. The Balaban J connectivity index is 2.61. The predicted molar refractivity (Wildman–Crippen MR) is 57.4 cm³/mol. The summed E-state index contributed by atoms with van der Waals surface area (Å²) in [4.78, 5) is 0. The van der Waals surface area contributed by atoms with Crippen LogP contribution >= 0.6 is 0 Å². The van der Waals surface area contributed by atoms with E-state index in [2.05, 4.69) is 11.1 Å². The zero-order valence-electron chi connectivity index (χ0n) is 7.98. The molecule has 2 heteroatoms. The van der Waals surface area contributed by atoms with Gasteiger partial charge in [-0.1, -0.05) is 35.5 Å². The molecule has 0 aliphatic heterocycles. The highest BCUT2D eigenvalue weighted by molar-refractivity contribution is 6.00. The van der Waals surface area contributed by atoms with E-state index in [9.17, 15) is 0 Å². The Hall–Kier alpha value is -1.75. The number of terminal acetylenes is 1. The number of nitrogens with zero attached hydrogens (tertiary/aromatic N) is 1. The van der Waals surface area contributed by atoms with E-state index in [4.69, 9.17) is 11.6 Å². The third kappa shape index (κ3) is 2.95. The van der Waals surface area contributed by atoms with Crippen molar-refractivity contribution in [2.75, 3.05) is 0 Å². The number of hydrogen-bond acceptors (Lipinski definition) is 2. The summed E-state index contributed by atoms with van der Waals surface area (Å²) in [6.07, 6.45) is 7.42. The molecule has 1 N–H and O–H groups in total. The minimum absolute atomic E-state index is 0.695. The van der Waals surface area contributed by atoms with Crippen LogP contribution in [0.5, 0.6) is 0 Å². The topological polar surface area (TPSA) is 32.6 Å². The Kier molecular flexibility index (Phi) is 4.30. The molecule has 0 aliphatic carbocycles. The third-order valence-corrected chi connectivity index (χ3v) is 1.96. The van der Waals surface area contributed by atoms with Gasteiger partial charge in [0, 0.05) is 6.42 Å². The first-order valence-electron chi connectivity index (χ1n) is 4.58. The molecule has 0 fully saturated rings. The molecule has 14 heavy (non-hydrogen) atoms. The zero-order valence-corrected chi connectivity index (χ0v) is 7.98. The van der Waals surface area contributed by atoms with Crippen molar-refractivity contribution in [1.82, 2.24) is 0 Å². The summed E-state index contributed by atoms with van der Waals surface area (Å²) in [6, 6.07) is 9.61. The second kappa shape index (κ2) is 5.82. The van der Waals surface area contributed by atoms with Gasteiger partial charge in [-0.05, 0) is 18.4 Å². The number of unbranched alkanes of at least 4 members (excludes halogenated alkanes) is 1. The summed E-state index contributed by atoms with van der Waals surface area (Å²) in [5.41, 5.74) is 1.65. The lowest BCUT2D eigenvalue weighted by Crippen LogP contribution is -2.00. The fourth-order valence-electron chi connectivity index (χ4n) is 1.24. The molecular formula is C12H13NO. The highest BCUT2D eigenvalue weighted by Crippen LogP contribution is 2.07. The first-order valence-corrected chi connectivity index (χ1v) is 4.58. The maximum absolute atomic E-state index is 8.82. The quantitative estimate of drug-likeness (QED) is 0.254. The van der Waals surface area contributed by atoms with Crippen LogP contribution in [0, 0.1) is 12.3 Å². The van der Waals surface area contributed by atoms with Crippen molar-refractivity contribution in [1.29, 1.82) is 0 Å². The Morgan fingerprint density at radius 2 is 2.07 bits per heavy atom. The van der Waals surface area contributed by atoms with Crippen molar-refractivity contribution in [2.24, 2.45) is 5.16 Å². The SMILES string of the molecule is C#CCCCC(=NO)c1ccccc1. The highest BCUT2D eigenvalue weighted by Gasteiger charge is 2.02. The van der Waals surface area contributed by atoms with Gasteiger partial charge in [-0.3, -0.25) is 0 Å². The van der Waals surface area contributed by atoms with Crippen LogP contribution < -0.4 is 0 Å². The maximum atomic E-state index is 8.82. The number of hydrogen-bond donors (Lipinski definition) is 1. The molecule has 0 amide bonds. The summed E-state index contributed by atoms with van der Waals surface area (Å²) >= 11 is 0. The normalized spacial score (nSPS) is 10.9. The van der Waals surface area contributed by atoms with E-state index in [-0.39, 0.29) is 0 Å². The molecule has 0 unspecified atom stereocenters. The molecule has 2 nitrogen and oxygen atoms in total. The molecule has 0 aromatic heterocycles. The standard InChI is InChI=1S/C12H13NO/c1-2-3-5-10-12(13-14)11-8-6-4-7-9-11/h1,4,6-9,14H,3,5,10H2. The van der Waals surface area contributed by atoms with Crippen LogP contribution in [0.2, 0.25) is 0 Å². The van der Waals surface area contributed by atoms with E-state index in [0.29, 0.717) is 18.6 Å². The Morgan fingerprint density at radius 3 is 2.64 bits per heavy atom. The minimum Gasteiger partial charge on any atom is -0.411 e. The Morgan fingerprint density at radius 1 is 1.36 bits per heavy atom. The summed E-state index contributed by atoms with van der Waals surface area (Å²) in [6.45, 7) is 0. The van der Waals surface area contributed by atoms with Crippen LogP contribution in [-0.4, -0.2) is 10.9 Å². The van der Waals surface area contributed by atoms with Gasteiger partial charge in [-0.25, -0.2) is 0 Å². The van der Waals surface area contributed by atoms with Crippen molar-refractivity contribution in [3.05, 3.63) is 35.9 Å². The van der Waals surface area contributed by atoms with Gasteiger partial charge in [0.25, 0.3) is 0 Å². The van der Waals surface area contributed by atoms with Crippen molar-refractivity contribution in [3.63, 3.8) is 0 Å². The fourth-order valence-corrected chi connectivity index (χ4v) is 1.24. The van der Waals surface area contributed by atoms with Gasteiger partial charge in [0.05, 0.1) is 5.71 Å². The van der Waals surface area contributed by atoms with Crippen LogP contribution in [0.4, 0.5) is 0 Å². The van der Waals surface area contributed by atoms with Crippen molar-refractivity contribution in [3.8, 4) is 12.3 Å². The molecular weight excluding hydrogens is 174 g/mol. The van der Waals surface area contributed by atoms with Crippen molar-refractivity contribution in [2.45, 2.75) is 19.3 Å². The maximum Gasteiger partial charge on any atom is 0.0868 e. The van der Waals surface area contributed by atoms with Gasteiger partial charge >= 0.3 is 0 Å². The Labute approximate surface area is 84.3 Å². The van der Waals surface area contributed by atoms with Gasteiger partial charge in [0.2, 0.25) is 0 Å². The zero-order chi connectivity index (χ0) is 10.2. The average Bonchev–Trinajstić information content (AvgIpc) is 2.26. The van der Waals surface area contributed by atoms with Crippen LogP contribution in [0.1, 0.15) is 24.8 Å².